The molecule has 3 heterocycles. The third-order valence-corrected chi connectivity index (χ3v) is 5.67. The molecule has 0 amide bonds. The first-order valence-corrected chi connectivity index (χ1v) is 10.6. The fourth-order valence-electron chi connectivity index (χ4n) is 3.10. The molecule has 1 aromatic carbocycles. The lowest BCUT2D eigenvalue weighted by Gasteiger charge is -2.10. The highest BCUT2D eigenvalue weighted by Gasteiger charge is 2.24. The number of pyridine rings is 1. The van der Waals surface area contributed by atoms with Crippen LogP contribution in [0.4, 0.5) is 14.5 Å². The monoisotopic (exact) mass is 439 g/mol. The number of ketones is 1. The summed E-state index contributed by atoms with van der Waals surface area (Å²) in [6.45, 7) is 3.77. The summed E-state index contributed by atoms with van der Waals surface area (Å²) in [4.78, 5) is 28.7. The van der Waals surface area contributed by atoms with Crippen molar-refractivity contribution >= 4 is 34.5 Å². The predicted octanol–water partition coefficient (Wildman–Crippen LogP) is 5.31. The fourth-order valence-corrected chi connectivity index (χ4v) is 3.72. The number of fused-ring (bicyclic) bond motifs is 1. The van der Waals surface area contributed by atoms with E-state index in [4.69, 9.17) is 0 Å². The molecule has 0 spiro atoms. The SMILES string of the molecule is CCCSNc1ccc(F)c(C(=O)c2c[nH]c3ncc(-c4cnc(C)nc4)cc23)c1F. The Kier molecular flexibility index (Phi) is 5.94. The van der Waals surface area contributed by atoms with Gasteiger partial charge in [0.1, 0.15) is 17.3 Å². The van der Waals surface area contributed by atoms with Gasteiger partial charge in [0.25, 0.3) is 0 Å². The Hall–Kier alpha value is -3.33. The van der Waals surface area contributed by atoms with E-state index in [0.29, 0.717) is 22.4 Å². The Balaban J connectivity index is 1.75. The Morgan fingerprint density at radius 3 is 2.61 bits per heavy atom. The molecule has 158 valence electrons. The highest BCUT2D eigenvalue weighted by molar-refractivity contribution is 8.00. The zero-order valence-corrected chi connectivity index (χ0v) is 17.7. The largest absolute Gasteiger partial charge is 0.345 e. The first-order valence-electron chi connectivity index (χ1n) is 9.66. The molecule has 6 nitrogen and oxygen atoms in total. The van der Waals surface area contributed by atoms with E-state index < -0.39 is 23.0 Å². The van der Waals surface area contributed by atoms with Crippen molar-refractivity contribution in [3.8, 4) is 11.1 Å². The number of aromatic amines is 1. The minimum Gasteiger partial charge on any atom is -0.345 e. The number of anilines is 1. The van der Waals surface area contributed by atoms with Crippen LogP contribution in [0.1, 0.15) is 35.1 Å². The third-order valence-electron chi connectivity index (χ3n) is 4.70. The predicted molar refractivity (Wildman–Crippen MR) is 118 cm³/mol. The van der Waals surface area contributed by atoms with Gasteiger partial charge in [0.05, 0.1) is 11.3 Å². The Bertz CT molecular complexity index is 1260. The second-order valence-electron chi connectivity index (χ2n) is 6.91. The number of carbonyl (C=O) groups excluding carboxylic acids is 1. The fraction of sp³-hybridized carbons (Fsp3) is 0.182. The van der Waals surface area contributed by atoms with Gasteiger partial charge >= 0.3 is 0 Å². The van der Waals surface area contributed by atoms with Crippen molar-refractivity contribution in [1.29, 1.82) is 0 Å². The van der Waals surface area contributed by atoms with Gasteiger partial charge < -0.3 is 9.71 Å². The standard InChI is InChI=1S/C22H19F2N5OS/c1-3-6-31-29-18-5-4-17(23)19(20(18)24)21(30)16-11-28-22-15(16)7-13(8-27-22)14-9-25-12(2)26-10-14/h4-5,7-11,29H,3,6H2,1-2H3,(H,27,28). The van der Waals surface area contributed by atoms with Gasteiger partial charge in [-0.2, -0.15) is 0 Å². The van der Waals surface area contributed by atoms with Crippen molar-refractivity contribution in [2.75, 3.05) is 10.5 Å². The van der Waals surface area contributed by atoms with Gasteiger partial charge in [0.15, 0.2) is 5.82 Å². The second-order valence-corrected chi connectivity index (χ2v) is 7.81. The maximum absolute atomic E-state index is 15.0. The summed E-state index contributed by atoms with van der Waals surface area (Å²) in [6, 6.07) is 4.11. The molecule has 31 heavy (non-hydrogen) atoms. The molecule has 0 atom stereocenters. The molecule has 0 fully saturated rings. The van der Waals surface area contributed by atoms with E-state index >= 15 is 4.39 Å². The summed E-state index contributed by atoms with van der Waals surface area (Å²) in [6.07, 6.45) is 7.24. The Morgan fingerprint density at radius 2 is 1.87 bits per heavy atom. The molecule has 2 N–H and O–H groups in total. The summed E-state index contributed by atoms with van der Waals surface area (Å²) in [5.41, 5.74) is 1.44. The Labute approximate surface area is 181 Å². The lowest BCUT2D eigenvalue weighted by Crippen LogP contribution is -2.09. The molecule has 0 saturated carbocycles. The first kappa shape index (κ1) is 20.9. The van der Waals surface area contributed by atoms with Gasteiger partial charge in [-0.15, -0.1) is 0 Å². The number of aryl methyl sites for hydroxylation is 1. The summed E-state index contributed by atoms with van der Waals surface area (Å²) in [7, 11) is 0. The number of nitrogens with zero attached hydrogens (tertiary/aromatic N) is 3. The molecule has 0 unspecified atom stereocenters. The second kappa shape index (κ2) is 8.81. The van der Waals surface area contributed by atoms with Gasteiger partial charge in [0.2, 0.25) is 5.78 Å². The topological polar surface area (TPSA) is 83.6 Å². The van der Waals surface area contributed by atoms with Gasteiger partial charge in [0, 0.05) is 52.6 Å². The number of nitrogens with one attached hydrogen (secondary N) is 2. The van der Waals surface area contributed by atoms with E-state index in [0.717, 1.165) is 23.8 Å². The molecule has 3 aromatic heterocycles. The molecule has 9 heteroatoms. The summed E-state index contributed by atoms with van der Waals surface area (Å²) >= 11 is 1.30. The number of benzene rings is 1. The first-order chi connectivity index (χ1) is 15.0. The van der Waals surface area contributed by atoms with Crippen LogP contribution in [0.2, 0.25) is 0 Å². The molecule has 0 radical (unpaired) electrons. The number of aromatic nitrogens is 4. The van der Waals surface area contributed by atoms with Crippen LogP contribution in [-0.4, -0.2) is 31.5 Å². The molecule has 0 aliphatic heterocycles. The van der Waals surface area contributed by atoms with Crippen LogP contribution in [-0.2, 0) is 0 Å². The summed E-state index contributed by atoms with van der Waals surface area (Å²) in [5.74, 6) is -1.21. The molecule has 4 rings (SSSR count). The average molecular weight is 439 g/mol. The van der Waals surface area contributed by atoms with Gasteiger partial charge in [-0.1, -0.05) is 18.9 Å². The van der Waals surface area contributed by atoms with Crippen LogP contribution in [0.25, 0.3) is 22.2 Å². The zero-order valence-electron chi connectivity index (χ0n) is 16.9. The lowest BCUT2D eigenvalue weighted by molar-refractivity contribution is 0.103. The van der Waals surface area contributed by atoms with Gasteiger partial charge in [-0.25, -0.2) is 23.7 Å². The number of hydrogen-bond acceptors (Lipinski definition) is 6. The van der Waals surface area contributed by atoms with E-state index in [-0.39, 0.29) is 11.3 Å². The third kappa shape index (κ3) is 4.13. The van der Waals surface area contributed by atoms with Crippen molar-refractivity contribution < 1.29 is 13.6 Å². The van der Waals surface area contributed by atoms with Gasteiger partial charge in [-0.3, -0.25) is 4.79 Å². The normalized spacial score (nSPS) is 11.1. The van der Waals surface area contributed by atoms with Crippen molar-refractivity contribution in [2.45, 2.75) is 20.3 Å². The minimum atomic E-state index is -0.918. The summed E-state index contributed by atoms with van der Waals surface area (Å²) < 4.78 is 32.4. The van der Waals surface area contributed by atoms with Crippen LogP contribution in [0.15, 0.2) is 43.0 Å². The van der Waals surface area contributed by atoms with E-state index in [1.54, 1.807) is 31.6 Å². The van der Waals surface area contributed by atoms with Crippen LogP contribution in [0.3, 0.4) is 0 Å². The molecule has 0 saturated heterocycles. The molecule has 0 aliphatic rings. The van der Waals surface area contributed by atoms with E-state index in [1.807, 2.05) is 6.92 Å². The lowest BCUT2D eigenvalue weighted by atomic mass is 10.0. The van der Waals surface area contributed by atoms with Crippen LogP contribution < -0.4 is 4.72 Å². The van der Waals surface area contributed by atoms with Crippen LogP contribution >= 0.6 is 11.9 Å². The van der Waals surface area contributed by atoms with Crippen molar-refractivity contribution in [1.82, 2.24) is 19.9 Å². The highest BCUT2D eigenvalue weighted by Crippen LogP contribution is 2.29. The van der Waals surface area contributed by atoms with E-state index in [1.165, 1.54) is 24.2 Å². The van der Waals surface area contributed by atoms with E-state index in [2.05, 4.69) is 24.7 Å². The number of rotatable bonds is 7. The number of H-pyrrole nitrogens is 1. The van der Waals surface area contributed by atoms with Crippen LogP contribution in [0.5, 0.6) is 0 Å². The summed E-state index contributed by atoms with van der Waals surface area (Å²) in [5, 5.41) is 0.459. The molecule has 4 aromatic rings. The highest BCUT2D eigenvalue weighted by atomic mass is 32.2. The molecular weight excluding hydrogens is 420 g/mol. The number of carbonyl (C=O) groups is 1. The smallest absolute Gasteiger partial charge is 0.201 e. The Morgan fingerprint density at radius 1 is 1.13 bits per heavy atom. The molecular formula is C22H19F2N5OS. The maximum atomic E-state index is 15.0. The van der Waals surface area contributed by atoms with Crippen LogP contribution in [0, 0.1) is 18.6 Å². The molecule has 0 bridgehead atoms. The van der Waals surface area contributed by atoms with Crippen molar-refractivity contribution in [3.63, 3.8) is 0 Å². The maximum Gasteiger partial charge on any atom is 0.201 e. The zero-order chi connectivity index (χ0) is 22.0. The average Bonchev–Trinajstić information content (AvgIpc) is 3.19. The van der Waals surface area contributed by atoms with E-state index in [9.17, 15) is 9.18 Å². The minimum absolute atomic E-state index is 0.0682. The quantitative estimate of drug-likeness (QED) is 0.231. The van der Waals surface area contributed by atoms with Crippen molar-refractivity contribution in [2.24, 2.45) is 0 Å². The van der Waals surface area contributed by atoms with Crippen molar-refractivity contribution in [3.05, 3.63) is 71.6 Å². The molecule has 0 aliphatic carbocycles. The number of hydrogen-bond donors (Lipinski definition) is 2. The van der Waals surface area contributed by atoms with Gasteiger partial charge in [-0.05, 0) is 31.5 Å². The number of halogens is 2.